The quantitative estimate of drug-likeness (QED) is 0.842. The van der Waals surface area contributed by atoms with Gasteiger partial charge in [0.2, 0.25) is 5.88 Å². The van der Waals surface area contributed by atoms with Gasteiger partial charge in [0, 0.05) is 10.5 Å². The zero-order valence-corrected chi connectivity index (χ0v) is 8.55. The van der Waals surface area contributed by atoms with Crippen molar-refractivity contribution in [1.82, 2.24) is 4.98 Å². The molecule has 0 radical (unpaired) electrons. The lowest BCUT2D eigenvalue weighted by molar-refractivity contribution is 0.273. The molecule has 66 valence electrons. The number of pyridine rings is 1. The molecule has 0 amide bonds. The summed E-state index contributed by atoms with van der Waals surface area (Å²) in [7, 11) is 1.55. The largest absolute Gasteiger partial charge is 0.481 e. The summed E-state index contributed by atoms with van der Waals surface area (Å²) in [5, 5.41) is 8.92. The van der Waals surface area contributed by atoms with Crippen LogP contribution in [0.5, 0.6) is 5.88 Å². The first-order valence-electron chi connectivity index (χ1n) is 3.50. The number of aromatic nitrogens is 1. The van der Waals surface area contributed by atoms with Gasteiger partial charge in [-0.25, -0.2) is 4.98 Å². The Balaban J connectivity index is 3.19. The third-order valence-electron chi connectivity index (χ3n) is 1.65. The van der Waals surface area contributed by atoms with Crippen LogP contribution in [0.4, 0.5) is 0 Å². The predicted octanol–water partition coefficient (Wildman–Crippen LogP) is 1.65. The zero-order valence-electron chi connectivity index (χ0n) is 6.97. The van der Waals surface area contributed by atoms with Gasteiger partial charge in [0.1, 0.15) is 0 Å². The molecule has 3 nitrogen and oxygen atoms in total. The summed E-state index contributed by atoms with van der Waals surface area (Å²) >= 11 is 3.35. The highest BCUT2D eigenvalue weighted by Crippen LogP contribution is 2.22. The Hall–Kier alpha value is -0.610. The van der Waals surface area contributed by atoms with E-state index in [1.165, 1.54) is 0 Å². The number of aliphatic hydroxyl groups excluding tert-OH is 1. The van der Waals surface area contributed by atoms with Crippen molar-refractivity contribution in [2.24, 2.45) is 0 Å². The van der Waals surface area contributed by atoms with Gasteiger partial charge in [0.05, 0.1) is 19.4 Å². The molecular weight excluding hydrogens is 222 g/mol. The van der Waals surface area contributed by atoms with E-state index in [-0.39, 0.29) is 6.61 Å². The van der Waals surface area contributed by atoms with Crippen molar-refractivity contribution in [3.05, 3.63) is 21.8 Å². The molecule has 0 unspecified atom stereocenters. The molecule has 0 fully saturated rings. The highest BCUT2D eigenvalue weighted by atomic mass is 79.9. The third kappa shape index (κ3) is 1.76. The first kappa shape index (κ1) is 9.48. The highest BCUT2D eigenvalue weighted by molar-refractivity contribution is 9.10. The molecule has 1 N–H and O–H groups in total. The number of nitrogens with zero attached hydrogens (tertiary/aromatic N) is 1. The van der Waals surface area contributed by atoms with Crippen LogP contribution in [0.3, 0.4) is 0 Å². The summed E-state index contributed by atoms with van der Waals surface area (Å²) in [6, 6.07) is 1.77. The Kier molecular flexibility index (Phi) is 3.05. The monoisotopic (exact) mass is 231 g/mol. The minimum atomic E-state index is -0.0678. The molecule has 1 rings (SSSR count). The lowest BCUT2D eigenvalue weighted by atomic mass is 10.2. The summed E-state index contributed by atoms with van der Waals surface area (Å²) in [5.41, 5.74) is 1.58. The number of rotatable bonds is 2. The van der Waals surface area contributed by atoms with Crippen molar-refractivity contribution < 1.29 is 9.84 Å². The molecule has 1 aromatic heterocycles. The maximum absolute atomic E-state index is 8.92. The van der Waals surface area contributed by atoms with Crippen molar-refractivity contribution in [3.8, 4) is 5.88 Å². The van der Waals surface area contributed by atoms with Crippen molar-refractivity contribution in [1.29, 1.82) is 0 Å². The van der Waals surface area contributed by atoms with Crippen LogP contribution in [0.2, 0.25) is 0 Å². The molecule has 0 atom stereocenters. The van der Waals surface area contributed by atoms with Crippen LogP contribution in [0, 0.1) is 6.92 Å². The van der Waals surface area contributed by atoms with Gasteiger partial charge in [-0.05, 0) is 12.5 Å². The maximum Gasteiger partial charge on any atom is 0.214 e. The van der Waals surface area contributed by atoms with E-state index in [1.54, 1.807) is 13.2 Å². The molecule has 12 heavy (non-hydrogen) atoms. The lowest BCUT2D eigenvalue weighted by Crippen LogP contribution is -1.97. The summed E-state index contributed by atoms with van der Waals surface area (Å²) in [5.74, 6) is 0.511. The van der Waals surface area contributed by atoms with Gasteiger partial charge in [-0.1, -0.05) is 15.9 Å². The van der Waals surface area contributed by atoms with Crippen LogP contribution < -0.4 is 4.74 Å². The second-order valence-electron chi connectivity index (χ2n) is 2.38. The first-order valence-corrected chi connectivity index (χ1v) is 4.29. The van der Waals surface area contributed by atoms with Crippen LogP contribution in [-0.4, -0.2) is 17.2 Å². The average molecular weight is 232 g/mol. The molecule has 0 saturated heterocycles. The fraction of sp³-hybridized carbons (Fsp3) is 0.375. The summed E-state index contributed by atoms with van der Waals surface area (Å²) in [6.07, 6.45) is 0. The molecular formula is C8H10BrNO2. The van der Waals surface area contributed by atoms with E-state index in [4.69, 9.17) is 9.84 Å². The summed E-state index contributed by atoms with van der Waals surface area (Å²) in [4.78, 5) is 4.07. The van der Waals surface area contributed by atoms with Gasteiger partial charge >= 0.3 is 0 Å². The molecule has 0 aromatic carbocycles. The normalized spacial score (nSPS) is 10.0. The van der Waals surface area contributed by atoms with E-state index < -0.39 is 0 Å². The maximum atomic E-state index is 8.92. The van der Waals surface area contributed by atoms with E-state index in [0.29, 0.717) is 11.6 Å². The average Bonchev–Trinajstić information content (AvgIpc) is 2.09. The van der Waals surface area contributed by atoms with Gasteiger partial charge in [0.15, 0.2) is 0 Å². The third-order valence-corrected chi connectivity index (χ3v) is 2.47. The van der Waals surface area contributed by atoms with Gasteiger partial charge in [0.25, 0.3) is 0 Å². The number of methoxy groups -OCH3 is 1. The molecule has 0 spiro atoms. The van der Waals surface area contributed by atoms with E-state index in [0.717, 1.165) is 10.0 Å². The minimum absolute atomic E-state index is 0.0678. The van der Waals surface area contributed by atoms with Gasteiger partial charge in [-0.2, -0.15) is 0 Å². The molecule has 0 aliphatic rings. The Morgan fingerprint density at radius 2 is 2.33 bits per heavy atom. The smallest absolute Gasteiger partial charge is 0.214 e. The zero-order chi connectivity index (χ0) is 9.14. The van der Waals surface area contributed by atoms with Crippen LogP contribution >= 0.6 is 15.9 Å². The molecule has 0 aliphatic heterocycles. The molecule has 0 saturated carbocycles. The van der Waals surface area contributed by atoms with Crippen molar-refractivity contribution >= 4 is 15.9 Å². The van der Waals surface area contributed by atoms with Crippen LogP contribution in [0.1, 0.15) is 11.3 Å². The Bertz CT molecular complexity index is 289. The fourth-order valence-corrected chi connectivity index (χ4v) is 1.29. The van der Waals surface area contributed by atoms with E-state index in [1.807, 2.05) is 6.92 Å². The molecule has 1 aromatic rings. The Morgan fingerprint density at radius 1 is 1.67 bits per heavy atom. The number of ether oxygens (including phenoxy) is 1. The van der Waals surface area contributed by atoms with E-state index in [9.17, 15) is 0 Å². The predicted molar refractivity (Wildman–Crippen MR) is 49.1 cm³/mol. The Morgan fingerprint density at radius 3 is 2.83 bits per heavy atom. The second kappa shape index (κ2) is 3.87. The standard InChI is InChI=1S/C8H10BrNO2/c1-5-6(9)3-8(12-2)10-7(5)4-11/h3,11H,4H2,1-2H3. The first-order chi connectivity index (χ1) is 5.69. The molecule has 4 heteroatoms. The minimum Gasteiger partial charge on any atom is -0.481 e. The van der Waals surface area contributed by atoms with Crippen LogP contribution in [0.25, 0.3) is 0 Å². The van der Waals surface area contributed by atoms with Gasteiger partial charge in [-0.15, -0.1) is 0 Å². The number of hydrogen-bond donors (Lipinski definition) is 1. The SMILES string of the molecule is COc1cc(Br)c(C)c(CO)n1. The van der Waals surface area contributed by atoms with Crippen molar-refractivity contribution in [2.45, 2.75) is 13.5 Å². The highest BCUT2D eigenvalue weighted by Gasteiger charge is 2.05. The molecule has 1 heterocycles. The summed E-state index contributed by atoms with van der Waals surface area (Å²) in [6.45, 7) is 1.82. The topological polar surface area (TPSA) is 42.4 Å². The van der Waals surface area contributed by atoms with Crippen LogP contribution in [-0.2, 0) is 6.61 Å². The fourth-order valence-electron chi connectivity index (χ4n) is 0.862. The lowest BCUT2D eigenvalue weighted by Gasteiger charge is -2.06. The van der Waals surface area contributed by atoms with Crippen molar-refractivity contribution in [2.75, 3.05) is 7.11 Å². The second-order valence-corrected chi connectivity index (χ2v) is 3.23. The number of hydrogen-bond acceptors (Lipinski definition) is 3. The van der Waals surface area contributed by atoms with Crippen LogP contribution in [0.15, 0.2) is 10.5 Å². The van der Waals surface area contributed by atoms with Gasteiger partial charge in [-0.3, -0.25) is 0 Å². The number of halogens is 1. The summed E-state index contributed by atoms with van der Waals surface area (Å²) < 4.78 is 5.84. The number of aliphatic hydroxyl groups is 1. The van der Waals surface area contributed by atoms with Gasteiger partial charge < -0.3 is 9.84 Å². The van der Waals surface area contributed by atoms with Crippen molar-refractivity contribution in [3.63, 3.8) is 0 Å². The van der Waals surface area contributed by atoms with E-state index in [2.05, 4.69) is 20.9 Å². The Labute approximate surface area is 79.5 Å². The van der Waals surface area contributed by atoms with E-state index >= 15 is 0 Å². The molecule has 0 bridgehead atoms. The molecule has 0 aliphatic carbocycles.